The molecule has 0 atom stereocenters. The summed E-state index contributed by atoms with van der Waals surface area (Å²) in [6.07, 6.45) is 0. The van der Waals surface area contributed by atoms with Gasteiger partial charge in [0.05, 0.1) is 6.54 Å². The number of carbonyl (C=O) groups excluding carboxylic acids is 1. The van der Waals surface area contributed by atoms with Crippen molar-refractivity contribution in [2.24, 2.45) is 0 Å². The highest BCUT2D eigenvalue weighted by Gasteiger charge is 2.20. The SMILES string of the molecule is CC(=O)CN(CC(c1ccccc1)c1ccccc1)C(C)C. The van der Waals surface area contributed by atoms with Crippen molar-refractivity contribution in [2.45, 2.75) is 32.7 Å². The van der Waals surface area contributed by atoms with Gasteiger partial charge >= 0.3 is 0 Å². The van der Waals surface area contributed by atoms with Crippen LogP contribution in [0.25, 0.3) is 0 Å². The summed E-state index contributed by atoms with van der Waals surface area (Å²) >= 11 is 0. The number of hydrogen-bond donors (Lipinski definition) is 0. The van der Waals surface area contributed by atoms with E-state index in [4.69, 9.17) is 0 Å². The number of hydrogen-bond acceptors (Lipinski definition) is 2. The molecule has 0 aromatic heterocycles. The average Bonchev–Trinajstić information content (AvgIpc) is 2.52. The van der Waals surface area contributed by atoms with E-state index < -0.39 is 0 Å². The topological polar surface area (TPSA) is 20.3 Å². The second kappa shape index (κ2) is 7.90. The van der Waals surface area contributed by atoms with Gasteiger partial charge in [-0.05, 0) is 31.9 Å². The Bertz CT molecular complexity index is 538. The second-order valence-corrected chi connectivity index (χ2v) is 6.10. The van der Waals surface area contributed by atoms with Gasteiger partial charge in [-0.1, -0.05) is 60.7 Å². The van der Waals surface area contributed by atoms with Crippen LogP contribution in [0.15, 0.2) is 60.7 Å². The van der Waals surface area contributed by atoms with E-state index in [1.165, 1.54) is 11.1 Å². The number of ketones is 1. The molecule has 0 saturated heterocycles. The Hall–Kier alpha value is -1.93. The lowest BCUT2D eigenvalue weighted by Gasteiger charge is -2.30. The Balaban J connectivity index is 2.30. The summed E-state index contributed by atoms with van der Waals surface area (Å²) < 4.78 is 0. The van der Waals surface area contributed by atoms with Crippen molar-refractivity contribution < 1.29 is 4.79 Å². The molecule has 0 radical (unpaired) electrons. The number of Topliss-reactive ketones (excluding diaryl/α,β-unsaturated/α-hetero) is 1. The first kappa shape index (κ1) is 16.4. The average molecular weight is 295 g/mol. The maximum Gasteiger partial charge on any atom is 0.143 e. The lowest BCUT2D eigenvalue weighted by molar-refractivity contribution is -0.118. The third kappa shape index (κ3) is 4.54. The van der Waals surface area contributed by atoms with Crippen molar-refractivity contribution in [3.8, 4) is 0 Å². The predicted octanol–water partition coefficient (Wildman–Crippen LogP) is 4.12. The fourth-order valence-corrected chi connectivity index (χ4v) is 2.75. The van der Waals surface area contributed by atoms with Gasteiger partial charge in [0.2, 0.25) is 0 Å². The molecule has 2 aromatic carbocycles. The Labute approximate surface area is 133 Å². The molecule has 2 aromatic rings. The molecule has 0 heterocycles. The van der Waals surface area contributed by atoms with E-state index in [0.717, 1.165) is 6.54 Å². The fraction of sp³-hybridized carbons (Fsp3) is 0.350. The zero-order valence-corrected chi connectivity index (χ0v) is 13.7. The summed E-state index contributed by atoms with van der Waals surface area (Å²) in [7, 11) is 0. The van der Waals surface area contributed by atoms with Crippen LogP contribution in [0.4, 0.5) is 0 Å². The number of rotatable bonds is 7. The van der Waals surface area contributed by atoms with Crippen molar-refractivity contribution in [1.29, 1.82) is 0 Å². The minimum absolute atomic E-state index is 0.216. The van der Waals surface area contributed by atoms with Gasteiger partial charge in [-0.2, -0.15) is 0 Å². The van der Waals surface area contributed by atoms with E-state index in [1.807, 2.05) is 12.1 Å². The zero-order chi connectivity index (χ0) is 15.9. The van der Waals surface area contributed by atoms with Crippen molar-refractivity contribution >= 4 is 5.78 Å². The van der Waals surface area contributed by atoms with Crippen LogP contribution >= 0.6 is 0 Å². The maximum atomic E-state index is 11.6. The summed E-state index contributed by atoms with van der Waals surface area (Å²) in [5.41, 5.74) is 2.59. The Morgan fingerprint density at radius 3 is 1.73 bits per heavy atom. The van der Waals surface area contributed by atoms with Gasteiger partial charge in [0.1, 0.15) is 5.78 Å². The molecule has 0 N–H and O–H groups in total. The van der Waals surface area contributed by atoms with E-state index >= 15 is 0 Å². The predicted molar refractivity (Wildman–Crippen MR) is 92.1 cm³/mol. The molecule has 116 valence electrons. The maximum absolute atomic E-state index is 11.6. The lowest BCUT2D eigenvalue weighted by atomic mass is 9.90. The minimum Gasteiger partial charge on any atom is -0.299 e. The van der Waals surface area contributed by atoms with Gasteiger partial charge in [0.25, 0.3) is 0 Å². The molecule has 0 fully saturated rings. The monoisotopic (exact) mass is 295 g/mol. The van der Waals surface area contributed by atoms with Gasteiger partial charge in [0.15, 0.2) is 0 Å². The highest BCUT2D eigenvalue weighted by molar-refractivity contribution is 5.77. The van der Waals surface area contributed by atoms with E-state index in [-0.39, 0.29) is 11.7 Å². The molecule has 0 bridgehead atoms. The normalized spacial score (nSPS) is 11.4. The van der Waals surface area contributed by atoms with E-state index in [2.05, 4.69) is 67.3 Å². The molecule has 0 saturated carbocycles. The second-order valence-electron chi connectivity index (χ2n) is 6.10. The molecule has 0 aliphatic rings. The Morgan fingerprint density at radius 1 is 0.909 bits per heavy atom. The molecule has 2 heteroatoms. The van der Waals surface area contributed by atoms with Gasteiger partial charge in [0, 0.05) is 18.5 Å². The van der Waals surface area contributed by atoms with Crippen LogP contribution in [0.1, 0.15) is 37.8 Å². The minimum atomic E-state index is 0.216. The smallest absolute Gasteiger partial charge is 0.143 e. The van der Waals surface area contributed by atoms with E-state index in [9.17, 15) is 4.79 Å². The van der Waals surface area contributed by atoms with Gasteiger partial charge < -0.3 is 0 Å². The van der Waals surface area contributed by atoms with Crippen molar-refractivity contribution in [3.05, 3.63) is 71.8 Å². The summed E-state index contributed by atoms with van der Waals surface area (Å²) in [4.78, 5) is 13.8. The molecule has 0 spiro atoms. The van der Waals surface area contributed by atoms with Crippen LogP contribution in [-0.4, -0.2) is 29.8 Å². The van der Waals surface area contributed by atoms with Crippen LogP contribution in [-0.2, 0) is 4.79 Å². The van der Waals surface area contributed by atoms with Crippen LogP contribution in [0, 0.1) is 0 Å². The largest absolute Gasteiger partial charge is 0.299 e. The van der Waals surface area contributed by atoms with Crippen LogP contribution < -0.4 is 0 Å². The van der Waals surface area contributed by atoms with Crippen molar-refractivity contribution in [3.63, 3.8) is 0 Å². The zero-order valence-electron chi connectivity index (χ0n) is 13.7. The summed E-state index contributed by atoms with van der Waals surface area (Å²) in [5, 5.41) is 0. The van der Waals surface area contributed by atoms with E-state index in [0.29, 0.717) is 12.6 Å². The molecular weight excluding hydrogens is 270 g/mol. The van der Waals surface area contributed by atoms with Gasteiger partial charge in [-0.15, -0.1) is 0 Å². The highest BCUT2D eigenvalue weighted by Crippen LogP contribution is 2.26. The summed E-state index contributed by atoms with van der Waals surface area (Å²) in [5.74, 6) is 0.498. The third-order valence-electron chi connectivity index (χ3n) is 3.98. The molecule has 0 aliphatic carbocycles. The Kier molecular flexibility index (Phi) is 5.91. The first-order valence-corrected chi connectivity index (χ1v) is 7.91. The molecule has 2 nitrogen and oxygen atoms in total. The fourth-order valence-electron chi connectivity index (χ4n) is 2.75. The molecular formula is C20H25NO. The van der Waals surface area contributed by atoms with Crippen LogP contribution in [0.3, 0.4) is 0 Å². The number of benzene rings is 2. The highest BCUT2D eigenvalue weighted by atomic mass is 16.1. The third-order valence-corrected chi connectivity index (χ3v) is 3.98. The Morgan fingerprint density at radius 2 is 1.36 bits per heavy atom. The standard InChI is InChI=1S/C20H25NO/c1-16(2)21(14-17(3)22)15-20(18-10-6-4-7-11-18)19-12-8-5-9-13-19/h4-13,16,20H,14-15H2,1-3H3. The summed E-state index contributed by atoms with van der Waals surface area (Å²) in [6.45, 7) is 7.32. The molecule has 22 heavy (non-hydrogen) atoms. The van der Waals surface area contributed by atoms with Gasteiger partial charge in [-0.25, -0.2) is 0 Å². The van der Waals surface area contributed by atoms with Crippen molar-refractivity contribution in [1.82, 2.24) is 4.90 Å². The lowest BCUT2D eigenvalue weighted by Crippen LogP contribution is -2.38. The van der Waals surface area contributed by atoms with Gasteiger partial charge in [-0.3, -0.25) is 9.69 Å². The number of nitrogens with zero attached hydrogens (tertiary/aromatic N) is 1. The van der Waals surface area contributed by atoms with Crippen LogP contribution in [0.5, 0.6) is 0 Å². The molecule has 2 rings (SSSR count). The molecule has 0 unspecified atom stereocenters. The first-order valence-electron chi connectivity index (χ1n) is 7.91. The first-order chi connectivity index (χ1) is 10.6. The summed E-state index contributed by atoms with van der Waals surface area (Å²) in [6, 6.07) is 21.4. The van der Waals surface area contributed by atoms with Crippen molar-refractivity contribution in [2.75, 3.05) is 13.1 Å². The quantitative estimate of drug-likeness (QED) is 0.766. The molecule has 0 amide bonds. The molecule has 0 aliphatic heterocycles. The number of carbonyl (C=O) groups is 1. The van der Waals surface area contributed by atoms with Crippen LogP contribution in [0.2, 0.25) is 0 Å². The van der Waals surface area contributed by atoms with E-state index in [1.54, 1.807) is 6.92 Å².